The first kappa shape index (κ1) is 24.2. The monoisotopic (exact) mass is 490 g/mol. The summed E-state index contributed by atoms with van der Waals surface area (Å²) in [5, 5.41) is 6.06. The summed E-state index contributed by atoms with van der Waals surface area (Å²) in [5.41, 5.74) is 2.41. The zero-order chi connectivity index (χ0) is 25.1. The van der Waals surface area contributed by atoms with Crippen molar-refractivity contribution in [1.82, 2.24) is 9.55 Å². The molecule has 0 fully saturated rings. The number of benzene rings is 2. The van der Waals surface area contributed by atoms with Gasteiger partial charge in [-0.3, -0.25) is 19.0 Å². The van der Waals surface area contributed by atoms with Gasteiger partial charge in [0.15, 0.2) is 0 Å². The lowest BCUT2D eigenvalue weighted by Gasteiger charge is -2.15. The second kappa shape index (κ2) is 10.1. The molecule has 0 aliphatic rings. The van der Waals surface area contributed by atoms with Crippen LogP contribution in [0, 0.1) is 13.8 Å². The number of nitrogens with one attached hydrogen (secondary N) is 2. The van der Waals surface area contributed by atoms with Crippen LogP contribution >= 0.6 is 11.3 Å². The van der Waals surface area contributed by atoms with Crippen LogP contribution < -0.4 is 20.9 Å². The van der Waals surface area contributed by atoms with Crippen molar-refractivity contribution in [3.05, 3.63) is 81.2 Å². The summed E-state index contributed by atoms with van der Waals surface area (Å²) in [7, 11) is 0. The van der Waals surface area contributed by atoms with Crippen molar-refractivity contribution in [1.29, 1.82) is 0 Å². The summed E-state index contributed by atoms with van der Waals surface area (Å²) in [4.78, 5) is 44.4. The Kier molecular flexibility index (Phi) is 6.97. The van der Waals surface area contributed by atoms with Gasteiger partial charge in [-0.2, -0.15) is 0 Å². The Morgan fingerprint density at radius 1 is 1.09 bits per heavy atom. The normalized spacial score (nSPS) is 11.8. The molecule has 1 atom stereocenters. The summed E-state index contributed by atoms with van der Waals surface area (Å²) in [6, 6.07) is 13.7. The Labute approximate surface area is 206 Å². The van der Waals surface area contributed by atoms with Gasteiger partial charge < -0.3 is 15.4 Å². The Bertz CT molecular complexity index is 1460. The number of ether oxygens (including phenoxy) is 1. The van der Waals surface area contributed by atoms with Gasteiger partial charge in [0.2, 0.25) is 5.91 Å². The van der Waals surface area contributed by atoms with E-state index in [-0.39, 0.29) is 17.4 Å². The average molecular weight is 491 g/mol. The van der Waals surface area contributed by atoms with E-state index in [1.807, 2.05) is 38.1 Å². The molecule has 0 aliphatic carbocycles. The van der Waals surface area contributed by atoms with Crippen LogP contribution in [0.3, 0.4) is 0 Å². The minimum Gasteiger partial charge on any atom is -0.494 e. The van der Waals surface area contributed by atoms with E-state index in [4.69, 9.17) is 4.74 Å². The summed E-state index contributed by atoms with van der Waals surface area (Å²) in [6.07, 6.45) is 1.35. The number of carbonyl (C=O) groups is 2. The lowest BCUT2D eigenvalue weighted by Crippen LogP contribution is -2.31. The number of nitrogens with zero attached hydrogens (tertiary/aromatic N) is 2. The summed E-state index contributed by atoms with van der Waals surface area (Å²) < 4.78 is 6.70. The number of anilines is 2. The number of para-hydroxylation sites is 1. The number of carbonyl (C=O) groups excluding carboxylic acids is 2. The molecule has 2 amide bonds. The van der Waals surface area contributed by atoms with Gasteiger partial charge in [0.25, 0.3) is 11.5 Å². The molecule has 9 heteroatoms. The molecule has 2 aromatic heterocycles. The highest BCUT2D eigenvalue weighted by molar-refractivity contribution is 7.20. The van der Waals surface area contributed by atoms with Gasteiger partial charge in [-0.15, -0.1) is 11.3 Å². The van der Waals surface area contributed by atoms with Crippen molar-refractivity contribution in [3.8, 4) is 5.75 Å². The van der Waals surface area contributed by atoms with E-state index in [0.29, 0.717) is 44.4 Å². The third-order valence-corrected chi connectivity index (χ3v) is 6.90. The molecule has 4 aromatic rings. The molecule has 8 nitrogen and oxygen atoms in total. The van der Waals surface area contributed by atoms with Crippen LogP contribution in [0.15, 0.2) is 59.7 Å². The average Bonchev–Trinajstić information content (AvgIpc) is 3.19. The number of rotatable bonds is 7. The molecule has 0 bridgehead atoms. The van der Waals surface area contributed by atoms with Crippen LogP contribution in [0.5, 0.6) is 5.75 Å². The molecule has 2 aromatic carbocycles. The standard InChI is InChI=1S/C26H26N4O4S/c1-5-34-19-12-10-18(11-13-19)28-23(31)17(4)30-14-27-25-21(26(30)33)16(3)22(35-25)24(32)29-20-9-7-6-8-15(20)2/h6-14,17H,5H2,1-4H3,(H,28,31)(H,29,32). The molecule has 0 saturated carbocycles. The van der Waals surface area contributed by atoms with Crippen molar-refractivity contribution in [2.24, 2.45) is 0 Å². The van der Waals surface area contributed by atoms with Crippen LogP contribution in [-0.2, 0) is 4.79 Å². The Hall–Kier alpha value is -3.98. The third kappa shape index (κ3) is 4.95. The van der Waals surface area contributed by atoms with E-state index >= 15 is 0 Å². The minimum absolute atomic E-state index is 0.299. The van der Waals surface area contributed by atoms with Gasteiger partial charge in [-0.1, -0.05) is 18.2 Å². The summed E-state index contributed by atoms with van der Waals surface area (Å²) in [5.74, 6) is 0.0504. The number of hydrogen-bond donors (Lipinski definition) is 2. The lowest BCUT2D eigenvalue weighted by atomic mass is 10.1. The molecule has 4 rings (SSSR count). The summed E-state index contributed by atoms with van der Waals surface area (Å²) >= 11 is 1.16. The van der Waals surface area contributed by atoms with Gasteiger partial charge in [-0.05, 0) is 69.2 Å². The van der Waals surface area contributed by atoms with Gasteiger partial charge >= 0.3 is 0 Å². The molecule has 35 heavy (non-hydrogen) atoms. The molecule has 0 saturated heterocycles. The second-order valence-electron chi connectivity index (χ2n) is 8.08. The highest BCUT2D eigenvalue weighted by Crippen LogP contribution is 2.28. The van der Waals surface area contributed by atoms with E-state index in [2.05, 4.69) is 15.6 Å². The van der Waals surface area contributed by atoms with E-state index in [1.54, 1.807) is 38.1 Å². The first-order valence-corrected chi connectivity index (χ1v) is 12.0. The predicted molar refractivity (Wildman–Crippen MR) is 139 cm³/mol. The molecular formula is C26H26N4O4S. The van der Waals surface area contributed by atoms with Crippen LogP contribution in [0.4, 0.5) is 11.4 Å². The van der Waals surface area contributed by atoms with Gasteiger partial charge in [-0.25, -0.2) is 4.98 Å². The van der Waals surface area contributed by atoms with E-state index < -0.39 is 6.04 Å². The number of aryl methyl sites for hydroxylation is 2. The van der Waals surface area contributed by atoms with Gasteiger partial charge in [0.05, 0.1) is 23.2 Å². The Morgan fingerprint density at radius 3 is 2.49 bits per heavy atom. The molecule has 2 heterocycles. The van der Waals surface area contributed by atoms with Crippen molar-refractivity contribution in [2.75, 3.05) is 17.2 Å². The molecule has 0 spiro atoms. The number of aromatic nitrogens is 2. The molecule has 2 N–H and O–H groups in total. The fourth-order valence-electron chi connectivity index (χ4n) is 3.70. The van der Waals surface area contributed by atoms with Gasteiger partial charge in [0.1, 0.15) is 16.6 Å². The molecular weight excluding hydrogens is 464 g/mol. The third-order valence-electron chi connectivity index (χ3n) is 5.71. The zero-order valence-corrected chi connectivity index (χ0v) is 20.7. The van der Waals surface area contributed by atoms with E-state index in [1.165, 1.54) is 10.9 Å². The van der Waals surface area contributed by atoms with Crippen LogP contribution in [0.2, 0.25) is 0 Å². The largest absolute Gasteiger partial charge is 0.494 e. The van der Waals surface area contributed by atoms with E-state index in [0.717, 1.165) is 16.9 Å². The van der Waals surface area contributed by atoms with Crippen molar-refractivity contribution in [2.45, 2.75) is 33.7 Å². The Morgan fingerprint density at radius 2 is 1.80 bits per heavy atom. The first-order valence-electron chi connectivity index (χ1n) is 11.2. The summed E-state index contributed by atoms with van der Waals surface area (Å²) in [6.45, 7) is 7.72. The number of hydrogen-bond acceptors (Lipinski definition) is 6. The number of amides is 2. The maximum atomic E-state index is 13.3. The van der Waals surface area contributed by atoms with Crippen molar-refractivity contribution >= 4 is 44.7 Å². The molecule has 0 radical (unpaired) electrons. The quantitative estimate of drug-likeness (QED) is 0.383. The molecule has 0 aliphatic heterocycles. The maximum Gasteiger partial charge on any atom is 0.266 e. The SMILES string of the molecule is CCOc1ccc(NC(=O)C(C)n2cnc3sc(C(=O)Nc4ccccc4C)c(C)c3c2=O)cc1. The fraction of sp³-hybridized carbons (Fsp3) is 0.231. The van der Waals surface area contributed by atoms with Gasteiger partial charge in [0, 0.05) is 11.4 Å². The maximum absolute atomic E-state index is 13.3. The van der Waals surface area contributed by atoms with Crippen LogP contribution in [0.1, 0.15) is 40.7 Å². The Balaban J connectivity index is 1.58. The minimum atomic E-state index is -0.811. The topological polar surface area (TPSA) is 102 Å². The molecule has 180 valence electrons. The first-order chi connectivity index (χ1) is 16.8. The molecule has 1 unspecified atom stereocenters. The highest BCUT2D eigenvalue weighted by atomic mass is 32.1. The fourth-order valence-corrected chi connectivity index (χ4v) is 4.73. The van der Waals surface area contributed by atoms with Crippen molar-refractivity contribution in [3.63, 3.8) is 0 Å². The lowest BCUT2D eigenvalue weighted by molar-refractivity contribution is -0.118. The van der Waals surface area contributed by atoms with Crippen LogP contribution in [-0.4, -0.2) is 28.0 Å². The smallest absolute Gasteiger partial charge is 0.266 e. The number of thiophene rings is 1. The number of fused-ring (bicyclic) bond motifs is 1. The predicted octanol–water partition coefficient (Wildman–Crippen LogP) is 4.93. The zero-order valence-electron chi connectivity index (χ0n) is 19.9. The van der Waals surface area contributed by atoms with Crippen molar-refractivity contribution < 1.29 is 14.3 Å². The van der Waals surface area contributed by atoms with Crippen LogP contribution in [0.25, 0.3) is 10.2 Å². The highest BCUT2D eigenvalue weighted by Gasteiger charge is 2.23. The second-order valence-corrected chi connectivity index (χ2v) is 9.08. The van der Waals surface area contributed by atoms with E-state index in [9.17, 15) is 14.4 Å².